The van der Waals surface area contributed by atoms with E-state index in [4.69, 9.17) is 0 Å². The number of rotatable bonds is 7. The molecule has 2 rings (SSSR count). The van der Waals surface area contributed by atoms with E-state index in [0.29, 0.717) is 11.3 Å². The SMILES string of the molecule is CCN(CC)C(=O)c1ccc(CNC(=NC)NCC2(C)CCCS2)cc1.I. The van der Waals surface area contributed by atoms with Gasteiger partial charge in [-0.2, -0.15) is 11.8 Å². The molecule has 1 amide bonds. The van der Waals surface area contributed by atoms with Crippen molar-refractivity contribution in [3.8, 4) is 0 Å². The van der Waals surface area contributed by atoms with Crippen molar-refractivity contribution in [2.75, 3.05) is 32.4 Å². The average Bonchev–Trinajstić information content (AvgIpc) is 3.10. The number of carbonyl (C=O) groups is 1. The molecule has 0 spiro atoms. The number of halogens is 1. The van der Waals surface area contributed by atoms with Crippen molar-refractivity contribution in [1.29, 1.82) is 0 Å². The molecule has 7 heteroatoms. The highest BCUT2D eigenvalue weighted by atomic mass is 127. The van der Waals surface area contributed by atoms with Gasteiger partial charge in [0.2, 0.25) is 0 Å². The molecule has 1 aromatic rings. The molecule has 0 aromatic heterocycles. The summed E-state index contributed by atoms with van der Waals surface area (Å²) in [4.78, 5) is 18.5. The van der Waals surface area contributed by atoms with E-state index in [2.05, 4.69) is 22.5 Å². The van der Waals surface area contributed by atoms with Crippen molar-refractivity contribution in [3.63, 3.8) is 0 Å². The molecule has 1 heterocycles. The lowest BCUT2D eigenvalue weighted by Crippen LogP contribution is -2.43. The fraction of sp³-hybridized carbons (Fsp3) is 0.600. The summed E-state index contributed by atoms with van der Waals surface area (Å²) in [6.07, 6.45) is 2.55. The van der Waals surface area contributed by atoms with Crippen LogP contribution in [0.25, 0.3) is 0 Å². The van der Waals surface area contributed by atoms with Crippen molar-refractivity contribution in [3.05, 3.63) is 35.4 Å². The monoisotopic (exact) mass is 504 g/mol. The van der Waals surface area contributed by atoms with Crippen LogP contribution in [0, 0.1) is 0 Å². The minimum Gasteiger partial charge on any atom is -0.355 e. The molecule has 0 aliphatic carbocycles. The van der Waals surface area contributed by atoms with Gasteiger partial charge in [-0.1, -0.05) is 12.1 Å². The van der Waals surface area contributed by atoms with E-state index in [1.807, 2.05) is 54.8 Å². The van der Waals surface area contributed by atoms with Crippen molar-refractivity contribution in [1.82, 2.24) is 15.5 Å². The Kier molecular flexibility index (Phi) is 10.5. The first-order valence-corrected chi connectivity index (χ1v) is 10.5. The number of guanidine groups is 1. The predicted molar refractivity (Wildman–Crippen MR) is 127 cm³/mol. The van der Waals surface area contributed by atoms with Crippen molar-refractivity contribution >= 4 is 47.6 Å². The fourth-order valence-corrected chi connectivity index (χ4v) is 4.36. The Morgan fingerprint density at radius 3 is 2.41 bits per heavy atom. The second kappa shape index (κ2) is 11.8. The van der Waals surface area contributed by atoms with E-state index >= 15 is 0 Å². The Hall–Kier alpha value is -0.960. The number of carbonyl (C=O) groups excluding carboxylic acids is 1. The van der Waals surface area contributed by atoms with Crippen LogP contribution in [-0.2, 0) is 6.54 Å². The summed E-state index contributed by atoms with van der Waals surface area (Å²) in [5.41, 5.74) is 1.87. The zero-order valence-corrected chi connectivity index (χ0v) is 20.0. The Balaban J connectivity index is 0.00000364. The summed E-state index contributed by atoms with van der Waals surface area (Å²) in [7, 11) is 1.80. The van der Waals surface area contributed by atoms with Gasteiger partial charge >= 0.3 is 0 Å². The molecule has 1 atom stereocenters. The number of aliphatic imine (C=N–C) groups is 1. The molecule has 0 bridgehead atoms. The molecule has 2 N–H and O–H groups in total. The second-order valence-corrected chi connectivity index (χ2v) is 8.54. The van der Waals surface area contributed by atoms with E-state index in [0.717, 1.165) is 36.7 Å². The molecule has 1 aromatic carbocycles. The Morgan fingerprint density at radius 1 is 1.22 bits per heavy atom. The average molecular weight is 504 g/mol. The number of amides is 1. The molecule has 5 nitrogen and oxygen atoms in total. The smallest absolute Gasteiger partial charge is 0.253 e. The van der Waals surface area contributed by atoms with Gasteiger partial charge in [-0.25, -0.2) is 0 Å². The maximum absolute atomic E-state index is 12.4. The van der Waals surface area contributed by atoms with Gasteiger partial charge in [0.25, 0.3) is 5.91 Å². The van der Waals surface area contributed by atoms with Gasteiger partial charge < -0.3 is 15.5 Å². The first kappa shape index (κ1) is 24.1. The van der Waals surface area contributed by atoms with Gasteiger partial charge in [-0.15, -0.1) is 24.0 Å². The van der Waals surface area contributed by atoms with Crippen LogP contribution in [0.1, 0.15) is 49.5 Å². The largest absolute Gasteiger partial charge is 0.355 e. The number of nitrogens with zero attached hydrogens (tertiary/aromatic N) is 2. The molecular weight excluding hydrogens is 471 g/mol. The molecule has 1 aliphatic rings. The van der Waals surface area contributed by atoms with Gasteiger partial charge in [0.15, 0.2) is 5.96 Å². The van der Waals surface area contributed by atoms with Crippen LogP contribution in [0.4, 0.5) is 0 Å². The summed E-state index contributed by atoms with van der Waals surface area (Å²) in [6.45, 7) is 9.40. The first-order valence-electron chi connectivity index (χ1n) is 9.48. The van der Waals surface area contributed by atoms with Crippen LogP contribution < -0.4 is 10.6 Å². The lowest BCUT2D eigenvalue weighted by Gasteiger charge is -2.24. The number of thioether (sulfide) groups is 1. The minimum atomic E-state index is 0. The first-order chi connectivity index (χ1) is 12.5. The van der Waals surface area contributed by atoms with Crippen LogP contribution in [0.15, 0.2) is 29.3 Å². The zero-order chi connectivity index (χ0) is 19.0. The molecule has 1 fully saturated rings. The third kappa shape index (κ3) is 7.18. The Morgan fingerprint density at radius 2 is 1.89 bits per heavy atom. The Labute approximate surface area is 185 Å². The van der Waals surface area contributed by atoms with Gasteiger partial charge in [0.05, 0.1) is 0 Å². The predicted octanol–water partition coefficient (Wildman–Crippen LogP) is 3.74. The second-order valence-electron chi connectivity index (χ2n) is 6.86. The zero-order valence-electron chi connectivity index (χ0n) is 16.9. The highest BCUT2D eigenvalue weighted by Crippen LogP contribution is 2.36. The molecule has 152 valence electrons. The van der Waals surface area contributed by atoms with E-state index in [9.17, 15) is 4.79 Å². The highest BCUT2D eigenvalue weighted by Gasteiger charge is 2.29. The van der Waals surface area contributed by atoms with E-state index in [1.54, 1.807) is 7.05 Å². The quantitative estimate of drug-likeness (QED) is 0.338. The number of benzene rings is 1. The molecule has 0 saturated carbocycles. The van der Waals surface area contributed by atoms with E-state index < -0.39 is 0 Å². The lowest BCUT2D eigenvalue weighted by molar-refractivity contribution is 0.0773. The maximum Gasteiger partial charge on any atom is 0.253 e. The summed E-state index contributed by atoms with van der Waals surface area (Å²) < 4.78 is 0.310. The van der Waals surface area contributed by atoms with Crippen LogP contribution in [0.2, 0.25) is 0 Å². The van der Waals surface area contributed by atoms with Crippen LogP contribution >= 0.6 is 35.7 Å². The minimum absolute atomic E-state index is 0. The topological polar surface area (TPSA) is 56.7 Å². The highest BCUT2D eigenvalue weighted by molar-refractivity contribution is 14.0. The van der Waals surface area contributed by atoms with Gasteiger partial charge in [-0.05, 0) is 57.1 Å². The fourth-order valence-electron chi connectivity index (χ4n) is 3.11. The molecule has 0 radical (unpaired) electrons. The third-order valence-corrected chi connectivity index (χ3v) is 6.40. The summed E-state index contributed by atoms with van der Waals surface area (Å²) in [6, 6.07) is 7.82. The van der Waals surface area contributed by atoms with Crippen LogP contribution in [-0.4, -0.2) is 53.9 Å². The van der Waals surface area contributed by atoms with Gasteiger partial charge in [0, 0.05) is 43.5 Å². The number of hydrogen-bond donors (Lipinski definition) is 2. The molecule has 27 heavy (non-hydrogen) atoms. The van der Waals surface area contributed by atoms with Gasteiger partial charge in [0.1, 0.15) is 0 Å². The lowest BCUT2D eigenvalue weighted by atomic mass is 10.1. The van der Waals surface area contributed by atoms with Gasteiger partial charge in [-0.3, -0.25) is 9.79 Å². The van der Waals surface area contributed by atoms with Crippen molar-refractivity contribution in [2.45, 2.75) is 44.9 Å². The molecule has 1 aliphatic heterocycles. The number of nitrogens with one attached hydrogen (secondary N) is 2. The summed E-state index contributed by atoms with van der Waals surface area (Å²) in [5.74, 6) is 2.17. The molecule has 1 saturated heterocycles. The third-order valence-electron chi connectivity index (χ3n) is 4.87. The summed E-state index contributed by atoms with van der Waals surface area (Å²) in [5, 5.41) is 6.79. The number of hydrogen-bond acceptors (Lipinski definition) is 3. The van der Waals surface area contributed by atoms with Crippen molar-refractivity contribution in [2.24, 2.45) is 4.99 Å². The maximum atomic E-state index is 12.4. The Bertz CT molecular complexity index is 611. The standard InChI is InChI=1S/C20H32N4OS.HI/c1-5-24(6-2)18(25)17-10-8-16(9-11-17)14-22-19(21-4)23-15-20(3)12-7-13-26-20;/h8-11H,5-7,12-15H2,1-4H3,(H2,21,22,23);1H. The van der Waals surface area contributed by atoms with Crippen molar-refractivity contribution < 1.29 is 4.79 Å². The molecular formula is C20H33IN4OS. The molecule has 1 unspecified atom stereocenters. The van der Waals surface area contributed by atoms with E-state index in [-0.39, 0.29) is 29.9 Å². The normalized spacial score (nSPS) is 19.3. The van der Waals surface area contributed by atoms with Crippen LogP contribution in [0.3, 0.4) is 0 Å². The summed E-state index contributed by atoms with van der Waals surface area (Å²) >= 11 is 2.04. The van der Waals surface area contributed by atoms with E-state index in [1.165, 1.54) is 18.6 Å². The van der Waals surface area contributed by atoms with Crippen LogP contribution in [0.5, 0.6) is 0 Å².